The van der Waals surface area contributed by atoms with E-state index in [4.69, 9.17) is 14.0 Å². The number of ether oxygens (including phenoxy) is 2. The monoisotopic (exact) mass is 480 g/mol. The van der Waals surface area contributed by atoms with Gasteiger partial charge in [0.2, 0.25) is 5.78 Å². The van der Waals surface area contributed by atoms with Gasteiger partial charge in [-0.3, -0.25) is 4.79 Å². The predicted octanol–water partition coefficient (Wildman–Crippen LogP) is 6.13. The molecule has 0 spiro atoms. The first-order valence-electron chi connectivity index (χ1n) is 11.5. The van der Waals surface area contributed by atoms with Crippen LogP contribution in [-0.4, -0.2) is 21.9 Å². The van der Waals surface area contributed by atoms with Crippen molar-refractivity contribution in [1.82, 2.24) is 10.1 Å². The largest absolute Gasteiger partial charge is 0.489 e. The van der Waals surface area contributed by atoms with Gasteiger partial charge in [0.1, 0.15) is 18.1 Å². The molecule has 36 heavy (non-hydrogen) atoms. The Bertz CT molecular complexity index is 1510. The Morgan fingerprint density at radius 2 is 1.75 bits per heavy atom. The van der Waals surface area contributed by atoms with Crippen molar-refractivity contribution in [2.45, 2.75) is 26.6 Å². The maximum absolute atomic E-state index is 13.6. The van der Waals surface area contributed by atoms with Crippen molar-refractivity contribution in [3.05, 3.63) is 119 Å². The number of ketones is 1. The van der Waals surface area contributed by atoms with Crippen molar-refractivity contribution in [2.24, 2.45) is 0 Å². The summed E-state index contributed by atoms with van der Waals surface area (Å²) in [7, 11) is 0. The van der Waals surface area contributed by atoms with Crippen LogP contribution in [-0.2, 0) is 11.3 Å². The number of aromatic amines is 1. The standard InChI is InChI=1S/C29H24N2O5/c1-18-25(19(2)36-31-18)17-34-22-12-8-11-21(15-22)29(33)35-28(20-9-4-3-5-10-20)27(32)24-16-30-26-14-7-6-13-23(24)26/h3-16,28,30H,17H2,1-2H3/t28-/m1/s1. The molecule has 0 amide bonds. The number of hydrogen-bond donors (Lipinski definition) is 1. The molecule has 1 atom stereocenters. The molecule has 0 aliphatic heterocycles. The summed E-state index contributed by atoms with van der Waals surface area (Å²) >= 11 is 0. The van der Waals surface area contributed by atoms with Crippen LogP contribution in [0.2, 0.25) is 0 Å². The first-order chi connectivity index (χ1) is 17.5. The second-order valence-electron chi connectivity index (χ2n) is 8.43. The van der Waals surface area contributed by atoms with E-state index in [9.17, 15) is 9.59 Å². The molecule has 7 nitrogen and oxygen atoms in total. The van der Waals surface area contributed by atoms with Crippen LogP contribution in [0, 0.1) is 13.8 Å². The number of nitrogens with one attached hydrogen (secondary N) is 1. The van der Waals surface area contributed by atoms with Crippen LogP contribution in [0.1, 0.15) is 49.4 Å². The smallest absolute Gasteiger partial charge is 0.339 e. The Labute approximate surface area is 207 Å². The molecule has 2 heterocycles. The highest BCUT2D eigenvalue weighted by atomic mass is 16.5. The average molecular weight is 481 g/mol. The van der Waals surface area contributed by atoms with Gasteiger partial charge >= 0.3 is 5.97 Å². The van der Waals surface area contributed by atoms with Crippen LogP contribution in [0.3, 0.4) is 0 Å². The molecule has 0 unspecified atom stereocenters. The Balaban J connectivity index is 1.39. The third-order valence-electron chi connectivity index (χ3n) is 6.05. The normalized spacial score (nSPS) is 11.8. The maximum atomic E-state index is 13.6. The lowest BCUT2D eigenvalue weighted by molar-refractivity contribution is 0.0280. The van der Waals surface area contributed by atoms with E-state index in [1.165, 1.54) is 0 Å². The van der Waals surface area contributed by atoms with Crippen molar-refractivity contribution in [3.63, 3.8) is 0 Å². The van der Waals surface area contributed by atoms with Gasteiger partial charge < -0.3 is 19.0 Å². The van der Waals surface area contributed by atoms with E-state index in [-0.39, 0.29) is 18.0 Å². The fourth-order valence-corrected chi connectivity index (χ4v) is 4.07. The molecule has 7 heteroatoms. The molecule has 0 saturated carbocycles. The topological polar surface area (TPSA) is 94.4 Å². The Hall–Kier alpha value is -4.65. The number of H-pyrrole nitrogens is 1. The van der Waals surface area contributed by atoms with Gasteiger partial charge in [-0.25, -0.2) is 4.79 Å². The number of esters is 1. The van der Waals surface area contributed by atoms with E-state index < -0.39 is 12.1 Å². The maximum Gasteiger partial charge on any atom is 0.339 e. The number of carbonyl (C=O) groups excluding carboxylic acids is 2. The molecule has 0 aliphatic carbocycles. The van der Waals surface area contributed by atoms with Gasteiger partial charge in [0.25, 0.3) is 0 Å². The molecule has 5 rings (SSSR count). The van der Waals surface area contributed by atoms with Crippen molar-refractivity contribution < 1.29 is 23.6 Å². The molecule has 0 bridgehead atoms. The summed E-state index contributed by atoms with van der Waals surface area (Å²) < 4.78 is 16.9. The Morgan fingerprint density at radius 1 is 0.972 bits per heavy atom. The summed E-state index contributed by atoms with van der Waals surface area (Å²) in [5, 5.41) is 4.70. The Kier molecular flexibility index (Phi) is 6.36. The Morgan fingerprint density at radius 3 is 2.53 bits per heavy atom. The summed E-state index contributed by atoms with van der Waals surface area (Å²) in [4.78, 5) is 29.9. The van der Waals surface area contributed by atoms with Crippen molar-refractivity contribution in [1.29, 1.82) is 0 Å². The summed E-state index contributed by atoms with van der Waals surface area (Å²) in [6.07, 6.45) is 0.546. The number of benzene rings is 3. The zero-order valence-electron chi connectivity index (χ0n) is 19.9. The van der Waals surface area contributed by atoms with Crippen molar-refractivity contribution >= 4 is 22.7 Å². The number of carbonyl (C=O) groups is 2. The fraction of sp³-hybridized carbons (Fsp3) is 0.138. The zero-order chi connectivity index (χ0) is 25.1. The van der Waals surface area contributed by atoms with Crippen molar-refractivity contribution in [3.8, 4) is 5.75 Å². The molecule has 180 valence electrons. The van der Waals surface area contributed by atoms with E-state index in [0.717, 1.165) is 22.2 Å². The summed E-state index contributed by atoms with van der Waals surface area (Å²) in [5.41, 5.74) is 3.78. The second kappa shape index (κ2) is 9.92. The quantitative estimate of drug-likeness (QED) is 0.212. The average Bonchev–Trinajstić information content (AvgIpc) is 3.48. The van der Waals surface area contributed by atoms with Gasteiger partial charge in [-0.2, -0.15) is 0 Å². The van der Waals surface area contributed by atoms with E-state index in [1.54, 1.807) is 42.6 Å². The molecule has 2 aromatic heterocycles. The van der Waals surface area contributed by atoms with Crippen molar-refractivity contribution in [2.75, 3.05) is 0 Å². The highest BCUT2D eigenvalue weighted by molar-refractivity contribution is 6.11. The molecule has 3 aromatic carbocycles. The first kappa shape index (κ1) is 23.1. The van der Waals surface area contributed by atoms with Crippen LogP contribution in [0.5, 0.6) is 5.75 Å². The molecule has 0 fully saturated rings. The van der Waals surface area contributed by atoms with Crippen LogP contribution in [0.25, 0.3) is 10.9 Å². The zero-order valence-corrected chi connectivity index (χ0v) is 19.9. The second-order valence-corrected chi connectivity index (χ2v) is 8.43. The van der Waals surface area contributed by atoms with Gasteiger partial charge in [-0.1, -0.05) is 59.8 Å². The number of rotatable bonds is 8. The van der Waals surface area contributed by atoms with Gasteiger partial charge in [-0.15, -0.1) is 0 Å². The molecular weight excluding hydrogens is 456 g/mol. The SMILES string of the molecule is Cc1noc(C)c1COc1cccc(C(=O)O[C@@H](C(=O)c2c[nH]c3ccccc23)c2ccccc2)c1. The molecule has 0 radical (unpaired) electrons. The van der Waals surface area contributed by atoms with Crippen LogP contribution in [0.4, 0.5) is 0 Å². The number of para-hydroxylation sites is 1. The van der Waals surface area contributed by atoms with Crippen LogP contribution in [0.15, 0.2) is 89.6 Å². The van der Waals surface area contributed by atoms with E-state index >= 15 is 0 Å². The van der Waals surface area contributed by atoms with Gasteiger partial charge in [0, 0.05) is 28.2 Å². The number of hydrogen-bond acceptors (Lipinski definition) is 6. The van der Waals surface area contributed by atoms with Gasteiger partial charge in [0.05, 0.1) is 16.8 Å². The predicted molar refractivity (Wildman–Crippen MR) is 134 cm³/mol. The van der Waals surface area contributed by atoms with Gasteiger partial charge in [0.15, 0.2) is 6.10 Å². The lowest BCUT2D eigenvalue weighted by Gasteiger charge is -2.17. The highest BCUT2D eigenvalue weighted by Crippen LogP contribution is 2.28. The fourth-order valence-electron chi connectivity index (χ4n) is 4.07. The minimum absolute atomic E-state index is 0.255. The van der Waals surface area contributed by atoms with Crippen LogP contribution < -0.4 is 4.74 Å². The summed E-state index contributed by atoms with van der Waals surface area (Å²) in [6, 6.07) is 23.2. The van der Waals surface area contributed by atoms with E-state index in [0.29, 0.717) is 22.6 Å². The van der Waals surface area contributed by atoms with Gasteiger partial charge in [-0.05, 0) is 38.1 Å². The molecule has 0 saturated heterocycles. The lowest BCUT2D eigenvalue weighted by atomic mass is 9.99. The number of aromatic nitrogens is 2. The molecular formula is C29H24N2O5. The lowest BCUT2D eigenvalue weighted by Crippen LogP contribution is -2.20. The third-order valence-corrected chi connectivity index (χ3v) is 6.05. The molecule has 5 aromatic rings. The minimum atomic E-state index is -1.11. The van der Waals surface area contributed by atoms with E-state index in [2.05, 4.69) is 10.1 Å². The number of nitrogens with zero attached hydrogens (tertiary/aromatic N) is 1. The number of fused-ring (bicyclic) bond motifs is 1. The highest BCUT2D eigenvalue weighted by Gasteiger charge is 2.28. The molecule has 0 aliphatic rings. The molecule has 1 N–H and O–H groups in total. The number of aryl methyl sites for hydroxylation is 2. The first-order valence-corrected chi connectivity index (χ1v) is 11.5. The summed E-state index contributed by atoms with van der Waals surface area (Å²) in [6.45, 7) is 3.92. The minimum Gasteiger partial charge on any atom is -0.489 e. The number of Topliss-reactive ketones (excluding diaryl/α,β-unsaturated/α-hetero) is 1. The van der Waals surface area contributed by atoms with Crippen LogP contribution >= 0.6 is 0 Å². The third kappa shape index (κ3) is 4.63. The van der Waals surface area contributed by atoms with E-state index in [1.807, 2.05) is 56.3 Å². The summed E-state index contributed by atoms with van der Waals surface area (Å²) in [5.74, 6) is 0.242.